The number of aromatic nitrogens is 6. The van der Waals surface area contributed by atoms with Crippen LogP contribution in [0.5, 0.6) is 0 Å². The van der Waals surface area contributed by atoms with Crippen LogP contribution in [0.2, 0.25) is 0 Å². The number of H-pyrrole nitrogens is 1. The Kier molecular flexibility index (Phi) is 4.66. The number of hydrogen-bond acceptors (Lipinski definition) is 5. The average molecular weight is 411 g/mol. The summed E-state index contributed by atoms with van der Waals surface area (Å²) in [6, 6.07) is 19.3. The number of benzene rings is 2. The number of carbonyl (C=O) groups is 1. The number of aryl methyl sites for hydroxylation is 2. The highest BCUT2D eigenvalue weighted by Gasteiger charge is 2.23. The molecule has 154 valence electrons. The van der Waals surface area contributed by atoms with Crippen LogP contribution in [0.15, 0.2) is 60.7 Å². The maximum Gasteiger partial charge on any atom is 0.291 e. The van der Waals surface area contributed by atoms with E-state index >= 15 is 0 Å². The van der Waals surface area contributed by atoms with Crippen molar-refractivity contribution in [1.29, 1.82) is 0 Å². The zero-order valence-electron chi connectivity index (χ0n) is 17.2. The van der Waals surface area contributed by atoms with Crippen LogP contribution >= 0.6 is 0 Å². The van der Waals surface area contributed by atoms with E-state index in [1.54, 1.807) is 4.52 Å². The van der Waals surface area contributed by atoms with Gasteiger partial charge in [-0.2, -0.15) is 4.98 Å². The van der Waals surface area contributed by atoms with Gasteiger partial charge in [0.1, 0.15) is 5.82 Å². The lowest BCUT2D eigenvalue weighted by molar-refractivity contribution is 0.0924. The highest BCUT2D eigenvalue weighted by molar-refractivity contribution is 5.91. The summed E-state index contributed by atoms with van der Waals surface area (Å²) in [6.07, 6.45) is 0.580. The fourth-order valence-electron chi connectivity index (χ4n) is 3.69. The molecule has 8 heteroatoms. The maximum atomic E-state index is 13.1. The van der Waals surface area contributed by atoms with Crippen LogP contribution < -0.4 is 5.32 Å². The normalized spacial score (nSPS) is 12.3. The van der Waals surface area contributed by atoms with E-state index in [-0.39, 0.29) is 17.8 Å². The Labute approximate surface area is 178 Å². The van der Waals surface area contributed by atoms with Crippen LogP contribution in [0.1, 0.15) is 39.4 Å². The molecular formula is C23H21N7O. The summed E-state index contributed by atoms with van der Waals surface area (Å²) < 4.78 is 1.58. The van der Waals surface area contributed by atoms with Gasteiger partial charge in [-0.05, 0) is 44.0 Å². The van der Waals surface area contributed by atoms with Gasteiger partial charge >= 0.3 is 0 Å². The van der Waals surface area contributed by atoms with Crippen LogP contribution in [0.25, 0.3) is 16.8 Å². The van der Waals surface area contributed by atoms with Crippen LogP contribution in [0.4, 0.5) is 0 Å². The van der Waals surface area contributed by atoms with Gasteiger partial charge in [-0.15, -0.1) is 5.10 Å². The molecule has 0 radical (unpaired) electrons. The number of rotatable bonds is 5. The second kappa shape index (κ2) is 7.64. The number of nitrogens with zero attached hydrogens (tertiary/aromatic N) is 5. The van der Waals surface area contributed by atoms with Gasteiger partial charge in [0, 0.05) is 11.4 Å². The first-order valence-electron chi connectivity index (χ1n) is 10.1. The Morgan fingerprint density at radius 2 is 1.81 bits per heavy atom. The highest BCUT2D eigenvalue weighted by atomic mass is 16.2. The van der Waals surface area contributed by atoms with E-state index in [4.69, 9.17) is 4.98 Å². The molecule has 0 fully saturated rings. The molecule has 2 aromatic carbocycles. The minimum Gasteiger partial charge on any atom is -0.340 e. The minimum absolute atomic E-state index is 0.0790. The number of nitrogens with one attached hydrogen (secondary N) is 2. The SMILES string of the molecule is Cc1cc(C)n2nc(C(=O)N[C@@H](Cc3ccccc3)c3nc4ccccc4[nH]3)nc2n1. The molecule has 0 aliphatic heterocycles. The van der Waals surface area contributed by atoms with Crippen LogP contribution in [0.3, 0.4) is 0 Å². The molecule has 1 atom stereocenters. The van der Waals surface area contributed by atoms with Crippen molar-refractivity contribution in [3.8, 4) is 0 Å². The zero-order valence-corrected chi connectivity index (χ0v) is 17.2. The Balaban J connectivity index is 1.49. The fourth-order valence-corrected chi connectivity index (χ4v) is 3.69. The first-order valence-corrected chi connectivity index (χ1v) is 10.1. The third-order valence-electron chi connectivity index (χ3n) is 5.15. The summed E-state index contributed by atoms with van der Waals surface area (Å²) in [6.45, 7) is 3.80. The minimum atomic E-state index is -0.371. The van der Waals surface area contributed by atoms with Crippen molar-refractivity contribution in [2.45, 2.75) is 26.3 Å². The molecule has 0 unspecified atom stereocenters. The first kappa shape index (κ1) is 18.9. The van der Waals surface area contributed by atoms with Gasteiger partial charge in [0.05, 0.1) is 17.1 Å². The average Bonchev–Trinajstić information content (AvgIpc) is 3.38. The van der Waals surface area contributed by atoms with Gasteiger partial charge in [0.2, 0.25) is 5.82 Å². The Morgan fingerprint density at radius 3 is 2.61 bits per heavy atom. The van der Waals surface area contributed by atoms with E-state index < -0.39 is 0 Å². The topological polar surface area (TPSA) is 101 Å². The lowest BCUT2D eigenvalue weighted by atomic mass is 10.1. The summed E-state index contributed by atoms with van der Waals surface area (Å²) >= 11 is 0. The molecular weight excluding hydrogens is 390 g/mol. The molecule has 8 nitrogen and oxygen atoms in total. The molecule has 0 spiro atoms. The number of aromatic amines is 1. The Morgan fingerprint density at radius 1 is 1.03 bits per heavy atom. The van der Waals surface area contributed by atoms with Crippen molar-refractivity contribution in [3.05, 3.63) is 89.3 Å². The third kappa shape index (κ3) is 3.75. The smallest absolute Gasteiger partial charge is 0.291 e. The third-order valence-corrected chi connectivity index (χ3v) is 5.15. The molecule has 5 rings (SSSR count). The molecule has 0 bridgehead atoms. The number of hydrogen-bond donors (Lipinski definition) is 2. The quantitative estimate of drug-likeness (QED) is 0.462. The lowest BCUT2D eigenvalue weighted by Crippen LogP contribution is -2.31. The van der Waals surface area contributed by atoms with Crippen molar-refractivity contribution >= 4 is 22.7 Å². The molecule has 0 aliphatic rings. The molecule has 5 aromatic rings. The first-order chi connectivity index (χ1) is 15.1. The van der Waals surface area contributed by atoms with Crippen LogP contribution in [-0.4, -0.2) is 35.5 Å². The lowest BCUT2D eigenvalue weighted by Gasteiger charge is -2.16. The van der Waals surface area contributed by atoms with Crippen LogP contribution in [0, 0.1) is 13.8 Å². The molecule has 0 saturated carbocycles. The zero-order chi connectivity index (χ0) is 21.4. The molecule has 3 aromatic heterocycles. The number of imidazole rings is 1. The van der Waals surface area contributed by atoms with Crippen molar-refractivity contribution in [2.24, 2.45) is 0 Å². The van der Waals surface area contributed by atoms with E-state index in [1.807, 2.05) is 74.5 Å². The van der Waals surface area contributed by atoms with Crippen molar-refractivity contribution in [3.63, 3.8) is 0 Å². The molecule has 0 saturated heterocycles. The summed E-state index contributed by atoms with van der Waals surface area (Å²) in [7, 11) is 0. The van der Waals surface area contributed by atoms with Crippen molar-refractivity contribution in [1.82, 2.24) is 34.9 Å². The van der Waals surface area contributed by atoms with E-state index in [1.165, 1.54) is 0 Å². The van der Waals surface area contributed by atoms with E-state index in [0.29, 0.717) is 18.0 Å². The Bertz CT molecular complexity index is 1350. The number of carbonyl (C=O) groups excluding carboxylic acids is 1. The molecule has 1 amide bonds. The van der Waals surface area contributed by atoms with Crippen molar-refractivity contribution < 1.29 is 4.79 Å². The summed E-state index contributed by atoms with van der Waals surface area (Å²) in [4.78, 5) is 29.8. The van der Waals surface area contributed by atoms with E-state index in [0.717, 1.165) is 28.0 Å². The molecule has 3 heterocycles. The highest BCUT2D eigenvalue weighted by Crippen LogP contribution is 2.20. The largest absolute Gasteiger partial charge is 0.340 e. The number of para-hydroxylation sites is 2. The maximum absolute atomic E-state index is 13.1. The molecule has 0 aliphatic carbocycles. The summed E-state index contributed by atoms with van der Waals surface area (Å²) in [5, 5.41) is 7.41. The van der Waals surface area contributed by atoms with Crippen molar-refractivity contribution in [2.75, 3.05) is 0 Å². The summed E-state index contributed by atoms with van der Waals surface area (Å²) in [5.74, 6) is 0.803. The standard InChI is InChI=1S/C23H21N7O/c1-14-12-15(2)30-23(24-14)28-21(29-30)22(31)27-19(13-16-8-4-3-5-9-16)20-25-17-10-6-7-11-18(17)26-20/h3-12,19H,13H2,1-2H3,(H,25,26)(H,27,31)/t19-/m0/s1. The van der Waals surface area contributed by atoms with E-state index in [9.17, 15) is 4.79 Å². The van der Waals surface area contributed by atoms with Crippen LogP contribution in [-0.2, 0) is 6.42 Å². The van der Waals surface area contributed by atoms with Gasteiger partial charge in [-0.3, -0.25) is 4.79 Å². The van der Waals surface area contributed by atoms with Gasteiger partial charge in [0.25, 0.3) is 11.7 Å². The van der Waals surface area contributed by atoms with E-state index in [2.05, 4.69) is 25.4 Å². The summed E-state index contributed by atoms with van der Waals surface area (Å²) in [5.41, 5.74) is 4.56. The monoisotopic (exact) mass is 411 g/mol. The molecule has 31 heavy (non-hydrogen) atoms. The number of fused-ring (bicyclic) bond motifs is 2. The van der Waals surface area contributed by atoms with Gasteiger partial charge in [-0.1, -0.05) is 42.5 Å². The second-order valence-corrected chi connectivity index (χ2v) is 7.54. The van der Waals surface area contributed by atoms with Gasteiger partial charge < -0.3 is 10.3 Å². The fraction of sp³-hybridized carbons (Fsp3) is 0.174. The Hall–Kier alpha value is -4.07. The second-order valence-electron chi connectivity index (χ2n) is 7.54. The van der Waals surface area contributed by atoms with Gasteiger partial charge in [-0.25, -0.2) is 14.5 Å². The van der Waals surface area contributed by atoms with Gasteiger partial charge in [0.15, 0.2) is 0 Å². The predicted octanol–water partition coefficient (Wildman–Crippen LogP) is 3.33. The number of amides is 1. The molecule has 2 N–H and O–H groups in total. The predicted molar refractivity (Wildman–Crippen MR) is 117 cm³/mol.